The number of rotatable bonds is 3. The number of likely N-dealkylation sites (tertiary alicyclic amines) is 1. The van der Waals surface area contributed by atoms with E-state index in [1.165, 1.54) is 0 Å². The monoisotopic (exact) mass is 316 g/mol. The minimum atomic E-state index is -4.59. The molecule has 1 N–H and O–H groups in total. The third-order valence-corrected chi connectivity index (χ3v) is 4.00. The van der Waals surface area contributed by atoms with Crippen LogP contribution in [0.2, 0.25) is 0 Å². The number of piperidine rings is 1. The van der Waals surface area contributed by atoms with Crippen LogP contribution in [0.4, 0.5) is 13.2 Å². The van der Waals surface area contributed by atoms with Gasteiger partial charge in [0.25, 0.3) is 0 Å². The van der Waals surface area contributed by atoms with E-state index in [0.717, 1.165) is 11.3 Å². The molecule has 4 nitrogen and oxygen atoms in total. The van der Waals surface area contributed by atoms with Gasteiger partial charge in [-0.2, -0.15) is 13.2 Å². The number of aliphatic hydroxyl groups is 1. The summed E-state index contributed by atoms with van der Waals surface area (Å²) in [5, 5.41) is 9.26. The lowest BCUT2D eigenvalue weighted by molar-refractivity contribution is -0.222. The standard InChI is InChI=1S/C15H19F3N2O2/c1-10-2-3-11(9-19-10)8-13(21)20-6-4-12(5-7-20)14(22)15(16,17)18/h2-3,9,12,14,22H,4-8H2,1H3. The second-order valence-corrected chi connectivity index (χ2v) is 5.69. The highest BCUT2D eigenvalue weighted by Gasteiger charge is 2.44. The number of nitrogens with zero attached hydrogens (tertiary/aromatic N) is 2. The number of aryl methyl sites for hydroxylation is 1. The Kier molecular flexibility index (Phi) is 5.05. The lowest BCUT2D eigenvalue weighted by Gasteiger charge is -2.34. The van der Waals surface area contributed by atoms with Gasteiger partial charge in [0.1, 0.15) is 0 Å². The fraction of sp³-hybridized carbons (Fsp3) is 0.600. The summed E-state index contributed by atoms with van der Waals surface area (Å²) in [6, 6.07) is 3.63. The van der Waals surface area contributed by atoms with Gasteiger partial charge in [-0.15, -0.1) is 0 Å². The quantitative estimate of drug-likeness (QED) is 0.929. The van der Waals surface area contributed by atoms with E-state index >= 15 is 0 Å². The molecule has 0 radical (unpaired) electrons. The van der Waals surface area contributed by atoms with E-state index in [1.807, 2.05) is 19.1 Å². The number of aliphatic hydroxyl groups excluding tert-OH is 1. The van der Waals surface area contributed by atoms with E-state index in [1.54, 1.807) is 11.1 Å². The van der Waals surface area contributed by atoms with Crippen LogP contribution in [0.5, 0.6) is 0 Å². The van der Waals surface area contributed by atoms with E-state index in [0.29, 0.717) is 0 Å². The summed E-state index contributed by atoms with van der Waals surface area (Å²) in [4.78, 5) is 17.8. The largest absolute Gasteiger partial charge is 0.414 e. The van der Waals surface area contributed by atoms with Gasteiger partial charge >= 0.3 is 6.18 Å². The Hall–Kier alpha value is -1.63. The Balaban J connectivity index is 1.86. The molecule has 7 heteroatoms. The van der Waals surface area contributed by atoms with Gasteiger partial charge in [0, 0.05) is 25.0 Å². The Morgan fingerprint density at radius 2 is 2.05 bits per heavy atom. The molecule has 1 saturated heterocycles. The number of aromatic nitrogens is 1. The lowest BCUT2D eigenvalue weighted by atomic mass is 9.90. The highest BCUT2D eigenvalue weighted by atomic mass is 19.4. The number of carbonyl (C=O) groups excluding carboxylic acids is 1. The van der Waals surface area contributed by atoms with Crippen LogP contribution < -0.4 is 0 Å². The molecule has 1 aromatic heterocycles. The van der Waals surface area contributed by atoms with Crippen molar-refractivity contribution in [2.45, 2.75) is 38.5 Å². The van der Waals surface area contributed by atoms with Crippen molar-refractivity contribution >= 4 is 5.91 Å². The molecule has 1 amide bonds. The minimum Gasteiger partial charge on any atom is -0.383 e. The molecule has 22 heavy (non-hydrogen) atoms. The average molecular weight is 316 g/mol. The minimum absolute atomic E-state index is 0.120. The third kappa shape index (κ3) is 4.19. The van der Waals surface area contributed by atoms with Crippen molar-refractivity contribution in [3.8, 4) is 0 Å². The number of hydrogen-bond acceptors (Lipinski definition) is 3. The van der Waals surface area contributed by atoms with E-state index < -0.39 is 18.2 Å². The smallest absolute Gasteiger partial charge is 0.383 e. The van der Waals surface area contributed by atoms with Gasteiger partial charge in [0.15, 0.2) is 6.10 Å². The molecule has 122 valence electrons. The second kappa shape index (κ2) is 6.64. The van der Waals surface area contributed by atoms with Crippen molar-refractivity contribution in [2.24, 2.45) is 5.92 Å². The lowest BCUT2D eigenvalue weighted by Crippen LogP contribution is -2.45. The van der Waals surface area contributed by atoms with E-state index in [-0.39, 0.29) is 38.3 Å². The third-order valence-electron chi connectivity index (χ3n) is 4.00. The second-order valence-electron chi connectivity index (χ2n) is 5.69. The van der Waals surface area contributed by atoms with Gasteiger partial charge in [-0.25, -0.2) is 0 Å². The summed E-state index contributed by atoms with van der Waals surface area (Å²) in [6.07, 6.45) is -4.74. The first-order chi connectivity index (χ1) is 10.3. The molecule has 1 unspecified atom stereocenters. The van der Waals surface area contributed by atoms with E-state index in [2.05, 4.69) is 4.98 Å². The molecule has 1 aliphatic rings. The van der Waals surface area contributed by atoms with Crippen molar-refractivity contribution in [3.05, 3.63) is 29.6 Å². The Bertz CT molecular complexity index is 509. The highest BCUT2D eigenvalue weighted by molar-refractivity contribution is 5.78. The van der Waals surface area contributed by atoms with Gasteiger partial charge in [0.05, 0.1) is 6.42 Å². The number of halogens is 3. The van der Waals surface area contributed by atoms with Crippen LogP contribution in [0, 0.1) is 12.8 Å². The zero-order valence-electron chi connectivity index (χ0n) is 12.3. The van der Waals surface area contributed by atoms with Crippen molar-refractivity contribution in [3.63, 3.8) is 0 Å². The molecular weight excluding hydrogens is 297 g/mol. The molecule has 1 aromatic rings. The molecule has 0 saturated carbocycles. The van der Waals surface area contributed by atoms with Crippen LogP contribution in [-0.2, 0) is 11.2 Å². The summed E-state index contributed by atoms with van der Waals surface area (Å²) < 4.78 is 37.4. The maximum atomic E-state index is 12.5. The predicted molar refractivity (Wildman–Crippen MR) is 74.0 cm³/mol. The number of amides is 1. The highest BCUT2D eigenvalue weighted by Crippen LogP contribution is 2.31. The fourth-order valence-electron chi connectivity index (χ4n) is 2.62. The molecule has 2 heterocycles. The number of carbonyl (C=O) groups is 1. The molecule has 0 aliphatic carbocycles. The molecular formula is C15H19F3N2O2. The Morgan fingerprint density at radius 1 is 1.41 bits per heavy atom. The van der Waals surface area contributed by atoms with E-state index in [4.69, 9.17) is 0 Å². The summed E-state index contributed by atoms with van der Waals surface area (Å²) in [6.45, 7) is 2.34. The van der Waals surface area contributed by atoms with E-state index in [9.17, 15) is 23.1 Å². The predicted octanol–water partition coefficient (Wildman–Crippen LogP) is 2.09. The SMILES string of the molecule is Cc1ccc(CC(=O)N2CCC(C(O)C(F)(F)F)CC2)cn1. The van der Waals surface area contributed by atoms with Crippen molar-refractivity contribution < 1.29 is 23.1 Å². The van der Waals surface area contributed by atoms with Crippen molar-refractivity contribution in [2.75, 3.05) is 13.1 Å². The van der Waals surface area contributed by atoms with Crippen LogP contribution in [0.1, 0.15) is 24.1 Å². The fourth-order valence-corrected chi connectivity index (χ4v) is 2.62. The van der Waals surface area contributed by atoms with Gasteiger partial charge in [-0.3, -0.25) is 9.78 Å². The van der Waals surface area contributed by atoms with Gasteiger partial charge in [0.2, 0.25) is 5.91 Å². The normalized spacial score (nSPS) is 18.3. The molecule has 0 aromatic carbocycles. The Labute approximate surface area is 127 Å². The zero-order valence-corrected chi connectivity index (χ0v) is 12.3. The van der Waals surface area contributed by atoms with Crippen molar-refractivity contribution in [1.82, 2.24) is 9.88 Å². The summed E-state index contributed by atoms with van der Waals surface area (Å²) in [5.41, 5.74) is 1.64. The zero-order chi connectivity index (χ0) is 16.3. The average Bonchev–Trinajstić information content (AvgIpc) is 2.48. The molecule has 1 atom stereocenters. The first-order valence-corrected chi connectivity index (χ1v) is 7.21. The molecule has 1 aliphatic heterocycles. The molecule has 0 bridgehead atoms. The van der Waals surface area contributed by atoms with Gasteiger partial charge in [-0.05, 0) is 37.3 Å². The number of hydrogen-bond donors (Lipinski definition) is 1. The number of pyridine rings is 1. The maximum absolute atomic E-state index is 12.5. The topological polar surface area (TPSA) is 53.4 Å². The van der Waals surface area contributed by atoms with Crippen molar-refractivity contribution in [1.29, 1.82) is 0 Å². The van der Waals surface area contributed by atoms with Crippen LogP contribution in [0.15, 0.2) is 18.3 Å². The molecule has 2 rings (SSSR count). The van der Waals surface area contributed by atoms with Crippen LogP contribution in [0.3, 0.4) is 0 Å². The summed E-state index contributed by atoms with van der Waals surface area (Å²) >= 11 is 0. The van der Waals surface area contributed by atoms with Gasteiger partial charge < -0.3 is 10.0 Å². The summed E-state index contributed by atoms with van der Waals surface area (Å²) in [7, 11) is 0. The Morgan fingerprint density at radius 3 is 2.55 bits per heavy atom. The van der Waals surface area contributed by atoms with Gasteiger partial charge in [-0.1, -0.05) is 6.07 Å². The van der Waals surface area contributed by atoms with Crippen LogP contribution in [-0.4, -0.2) is 46.3 Å². The first kappa shape index (κ1) is 16.7. The van der Waals surface area contributed by atoms with Crippen LogP contribution in [0.25, 0.3) is 0 Å². The summed E-state index contributed by atoms with van der Waals surface area (Å²) in [5.74, 6) is -0.948. The molecule has 0 spiro atoms. The first-order valence-electron chi connectivity index (χ1n) is 7.21. The number of alkyl halides is 3. The maximum Gasteiger partial charge on any atom is 0.414 e. The molecule has 1 fully saturated rings. The van der Waals surface area contributed by atoms with Crippen LogP contribution >= 0.6 is 0 Å².